The highest BCUT2D eigenvalue weighted by Gasteiger charge is 2.28. The molecule has 0 bridgehead atoms. The first-order valence-corrected chi connectivity index (χ1v) is 2.20. The molecule has 0 unspecified atom stereocenters. The zero-order chi connectivity index (χ0) is 7.33. The van der Waals surface area contributed by atoms with Gasteiger partial charge in [0.2, 0.25) is 0 Å². The Hall–Kier alpha value is -0.330. The number of hydrazine groups is 1. The summed E-state index contributed by atoms with van der Waals surface area (Å²) in [6, 6.07) is 0. The zero-order valence-corrected chi connectivity index (χ0v) is 4.53. The average molecular weight is 144 g/mol. The molecule has 0 aromatic rings. The van der Waals surface area contributed by atoms with Crippen LogP contribution in [0, 0.1) is 0 Å². The highest BCUT2D eigenvalue weighted by Crippen LogP contribution is 2.14. The minimum atomic E-state index is -4.54. The number of hydrogen-bond donors (Lipinski definition) is 2. The highest BCUT2D eigenvalue weighted by molar-refractivity contribution is 4.34. The lowest BCUT2D eigenvalue weighted by molar-refractivity contribution is -0.323. The van der Waals surface area contributed by atoms with Crippen LogP contribution >= 0.6 is 0 Å². The smallest absolute Gasteiger partial charge is 0.291 e. The van der Waals surface area contributed by atoms with Gasteiger partial charge < -0.3 is 0 Å². The molecule has 0 rings (SSSR count). The number of nitrogens with two attached hydrogens (primary N) is 1. The summed E-state index contributed by atoms with van der Waals surface area (Å²) in [5.74, 6) is 4.66. The first-order valence-electron chi connectivity index (χ1n) is 2.20. The molecule has 0 saturated carbocycles. The Balaban J connectivity index is 3.07. The Kier molecular flexibility index (Phi) is 3.52. The fraction of sp³-hybridized carbons (Fsp3) is 1.00. The van der Waals surface area contributed by atoms with E-state index < -0.39 is 13.0 Å². The number of halogens is 3. The van der Waals surface area contributed by atoms with Gasteiger partial charge in [-0.2, -0.15) is 0 Å². The second kappa shape index (κ2) is 3.65. The summed E-state index contributed by atoms with van der Waals surface area (Å²) in [6.45, 7) is -0.473. The number of rotatable bonds is 3. The van der Waals surface area contributed by atoms with E-state index in [-0.39, 0.29) is 6.54 Å². The topological polar surface area (TPSA) is 47.3 Å². The third-order valence-electron chi connectivity index (χ3n) is 0.512. The maximum absolute atomic E-state index is 11.1. The van der Waals surface area contributed by atoms with Gasteiger partial charge in [-0.3, -0.25) is 16.0 Å². The van der Waals surface area contributed by atoms with Crippen molar-refractivity contribution in [3.63, 3.8) is 0 Å². The van der Waals surface area contributed by atoms with E-state index in [9.17, 15) is 13.2 Å². The van der Waals surface area contributed by atoms with Crippen LogP contribution in [0.4, 0.5) is 13.2 Å². The Labute approximate surface area is 49.9 Å². The van der Waals surface area contributed by atoms with Crippen molar-refractivity contribution in [2.75, 3.05) is 13.2 Å². The maximum atomic E-state index is 11.1. The predicted molar refractivity (Wildman–Crippen MR) is 24.2 cm³/mol. The molecular formula is C3H7F3N2O. The van der Waals surface area contributed by atoms with Gasteiger partial charge >= 0.3 is 6.36 Å². The monoisotopic (exact) mass is 144 g/mol. The summed E-state index contributed by atoms with van der Waals surface area (Å²) < 4.78 is 36.6. The van der Waals surface area contributed by atoms with Crippen molar-refractivity contribution < 1.29 is 17.9 Å². The molecule has 3 nitrogen and oxygen atoms in total. The molecule has 0 radical (unpaired) electrons. The van der Waals surface area contributed by atoms with Crippen molar-refractivity contribution in [1.82, 2.24) is 5.43 Å². The normalized spacial score (nSPS) is 12.0. The summed E-state index contributed by atoms with van der Waals surface area (Å²) in [5, 5.41) is 0. The summed E-state index contributed by atoms with van der Waals surface area (Å²) in [4.78, 5) is 0. The van der Waals surface area contributed by atoms with Crippen molar-refractivity contribution >= 4 is 0 Å². The van der Waals surface area contributed by atoms with Gasteiger partial charge in [-0.15, -0.1) is 13.2 Å². The van der Waals surface area contributed by atoms with Crippen LogP contribution in [-0.2, 0) is 4.74 Å². The lowest BCUT2D eigenvalue weighted by Gasteiger charge is -2.05. The lowest BCUT2D eigenvalue weighted by atomic mass is 10.7. The molecule has 0 heterocycles. The summed E-state index contributed by atoms with van der Waals surface area (Å²) in [6.07, 6.45) is -4.54. The van der Waals surface area contributed by atoms with E-state index in [0.717, 1.165) is 0 Å². The van der Waals surface area contributed by atoms with E-state index in [1.807, 2.05) is 5.43 Å². The van der Waals surface area contributed by atoms with E-state index in [4.69, 9.17) is 0 Å². The van der Waals surface area contributed by atoms with Gasteiger partial charge in [0.1, 0.15) is 0 Å². The molecule has 9 heavy (non-hydrogen) atoms. The van der Waals surface area contributed by atoms with E-state index in [2.05, 4.69) is 10.6 Å². The fourth-order valence-corrected chi connectivity index (χ4v) is 0.226. The van der Waals surface area contributed by atoms with Crippen molar-refractivity contribution in [3.8, 4) is 0 Å². The molecular weight excluding hydrogens is 137 g/mol. The van der Waals surface area contributed by atoms with Crippen LogP contribution in [0.5, 0.6) is 0 Å². The first kappa shape index (κ1) is 8.67. The Morgan fingerprint density at radius 2 is 2.00 bits per heavy atom. The third kappa shape index (κ3) is 7.67. The Morgan fingerprint density at radius 1 is 1.44 bits per heavy atom. The third-order valence-corrected chi connectivity index (χ3v) is 0.512. The van der Waals surface area contributed by atoms with Gasteiger partial charge in [-0.25, -0.2) is 0 Å². The van der Waals surface area contributed by atoms with Gasteiger partial charge in [-0.05, 0) is 0 Å². The van der Waals surface area contributed by atoms with Crippen LogP contribution in [0.2, 0.25) is 0 Å². The standard InChI is InChI=1S/C3H7F3N2O/c4-3(5,6)9-2-1-8-7/h8H,1-2,7H2. The summed E-state index contributed by atoms with van der Waals surface area (Å²) in [5.41, 5.74) is 2.02. The summed E-state index contributed by atoms with van der Waals surface area (Å²) in [7, 11) is 0. The van der Waals surface area contributed by atoms with Gasteiger partial charge in [0.15, 0.2) is 0 Å². The zero-order valence-electron chi connectivity index (χ0n) is 4.53. The minimum Gasteiger partial charge on any atom is -0.291 e. The van der Waals surface area contributed by atoms with Gasteiger partial charge in [0, 0.05) is 6.54 Å². The molecule has 0 atom stereocenters. The Morgan fingerprint density at radius 3 is 2.33 bits per heavy atom. The lowest BCUT2D eigenvalue weighted by Crippen LogP contribution is -2.28. The van der Waals surface area contributed by atoms with E-state index in [1.165, 1.54) is 0 Å². The quantitative estimate of drug-likeness (QED) is 0.332. The molecule has 0 aliphatic carbocycles. The van der Waals surface area contributed by atoms with Gasteiger partial charge in [-0.1, -0.05) is 0 Å². The number of alkyl halides is 3. The number of nitrogens with one attached hydrogen (secondary N) is 1. The second-order valence-corrected chi connectivity index (χ2v) is 1.25. The van der Waals surface area contributed by atoms with Gasteiger partial charge in [0.25, 0.3) is 0 Å². The Bertz CT molecular complexity index is 73.9. The molecule has 3 N–H and O–H groups in total. The molecule has 56 valence electrons. The van der Waals surface area contributed by atoms with Crippen LogP contribution in [0.25, 0.3) is 0 Å². The molecule has 0 fully saturated rings. The number of ether oxygens (including phenoxy) is 1. The van der Waals surface area contributed by atoms with Crippen LogP contribution < -0.4 is 11.3 Å². The van der Waals surface area contributed by atoms with Crippen LogP contribution in [0.1, 0.15) is 0 Å². The van der Waals surface area contributed by atoms with E-state index >= 15 is 0 Å². The first-order chi connectivity index (χ1) is 4.06. The van der Waals surface area contributed by atoms with Crippen molar-refractivity contribution in [2.24, 2.45) is 5.84 Å². The average Bonchev–Trinajstić information content (AvgIpc) is 1.63. The molecule has 0 spiro atoms. The van der Waals surface area contributed by atoms with E-state index in [0.29, 0.717) is 0 Å². The SMILES string of the molecule is NNCCOC(F)(F)F. The second-order valence-electron chi connectivity index (χ2n) is 1.25. The molecule has 0 aromatic carbocycles. The van der Waals surface area contributed by atoms with Crippen molar-refractivity contribution in [2.45, 2.75) is 6.36 Å². The molecule has 6 heteroatoms. The van der Waals surface area contributed by atoms with E-state index in [1.54, 1.807) is 0 Å². The molecule has 0 aliphatic heterocycles. The van der Waals surface area contributed by atoms with Crippen LogP contribution in [0.15, 0.2) is 0 Å². The summed E-state index contributed by atoms with van der Waals surface area (Å²) >= 11 is 0. The van der Waals surface area contributed by atoms with Crippen LogP contribution in [-0.4, -0.2) is 19.5 Å². The van der Waals surface area contributed by atoms with Gasteiger partial charge in [0.05, 0.1) is 6.61 Å². The van der Waals surface area contributed by atoms with Crippen molar-refractivity contribution in [1.29, 1.82) is 0 Å². The maximum Gasteiger partial charge on any atom is 0.522 e. The van der Waals surface area contributed by atoms with Crippen LogP contribution in [0.3, 0.4) is 0 Å². The predicted octanol–water partition coefficient (Wildman–Crippen LogP) is -0.0139. The highest BCUT2D eigenvalue weighted by atomic mass is 19.4. The molecule has 0 amide bonds. The molecule has 0 aromatic heterocycles. The molecule has 0 saturated heterocycles. The minimum absolute atomic E-state index is 0.0144. The largest absolute Gasteiger partial charge is 0.522 e. The molecule has 0 aliphatic rings. The van der Waals surface area contributed by atoms with Crippen molar-refractivity contribution in [3.05, 3.63) is 0 Å². The fourth-order valence-electron chi connectivity index (χ4n) is 0.226. The number of hydrogen-bond acceptors (Lipinski definition) is 3.